The molecule has 1 unspecified atom stereocenters. The highest BCUT2D eigenvalue weighted by Crippen LogP contribution is 2.82. The highest BCUT2D eigenvalue weighted by atomic mass is 16.5. The largest absolute Gasteiger partial charge is 0.381 e. The van der Waals surface area contributed by atoms with Crippen molar-refractivity contribution in [2.75, 3.05) is 7.11 Å². The van der Waals surface area contributed by atoms with Gasteiger partial charge < -0.3 is 4.74 Å². The first-order chi connectivity index (χ1) is 13.4. The van der Waals surface area contributed by atoms with Gasteiger partial charge in [0.15, 0.2) is 0 Å². The predicted octanol–water partition coefficient (Wildman–Crippen LogP) is 7.26. The molecule has 0 saturated heterocycles. The first kappa shape index (κ1) is 19.7. The van der Waals surface area contributed by atoms with Crippen LogP contribution in [0.15, 0.2) is 12.7 Å². The molecule has 5 aliphatic rings. The smallest absolute Gasteiger partial charge is 0.0638 e. The van der Waals surface area contributed by atoms with Crippen LogP contribution in [0.2, 0.25) is 0 Å². The third-order valence-electron chi connectivity index (χ3n) is 11.7. The average Bonchev–Trinajstić information content (AvgIpc) is 3.18. The molecule has 10 atom stereocenters. The van der Waals surface area contributed by atoms with Gasteiger partial charge in [-0.2, -0.15) is 0 Å². The fourth-order valence-corrected chi connectivity index (χ4v) is 10.3. The molecule has 0 aromatic rings. The van der Waals surface area contributed by atoms with Gasteiger partial charge in [0.1, 0.15) is 0 Å². The molecule has 1 heteroatoms. The van der Waals surface area contributed by atoms with E-state index in [-0.39, 0.29) is 0 Å². The summed E-state index contributed by atoms with van der Waals surface area (Å²) in [6, 6.07) is 0. The van der Waals surface area contributed by atoms with Crippen LogP contribution in [0.25, 0.3) is 0 Å². The lowest BCUT2D eigenvalue weighted by atomic mass is 9.45. The van der Waals surface area contributed by atoms with Crippen LogP contribution in [0.4, 0.5) is 0 Å². The summed E-state index contributed by atoms with van der Waals surface area (Å²) in [6.45, 7) is 11.9. The number of rotatable bonds is 6. The van der Waals surface area contributed by atoms with Crippen LogP contribution in [0, 0.1) is 51.8 Å². The molecule has 0 aromatic heterocycles. The van der Waals surface area contributed by atoms with Crippen molar-refractivity contribution in [3.05, 3.63) is 12.7 Å². The first-order valence-corrected chi connectivity index (χ1v) is 12.6. The van der Waals surface area contributed by atoms with Crippen molar-refractivity contribution in [1.82, 2.24) is 0 Å². The summed E-state index contributed by atoms with van der Waals surface area (Å²) in [5.41, 5.74) is 1.75. The maximum atomic E-state index is 6.28. The van der Waals surface area contributed by atoms with E-state index in [1.165, 1.54) is 70.6 Å². The Kier molecular flexibility index (Phi) is 4.63. The normalized spacial score (nSPS) is 55.0. The van der Waals surface area contributed by atoms with Crippen molar-refractivity contribution in [1.29, 1.82) is 0 Å². The van der Waals surface area contributed by atoms with Crippen molar-refractivity contribution < 1.29 is 4.74 Å². The maximum absolute atomic E-state index is 6.28. The van der Waals surface area contributed by atoms with Gasteiger partial charge in [-0.05, 0) is 111 Å². The quantitative estimate of drug-likeness (QED) is 0.346. The molecule has 158 valence electrons. The lowest BCUT2D eigenvalue weighted by Crippen LogP contribution is -2.57. The van der Waals surface area contributed by atoms with Crippen LogP contribution in [0.1, 0.15) is 91.4 Å². The van der Waals surface area contributed by atoms with E-state index in [1.54, 1.807) is 0 Å². The van der Waals surface area contributed by atoms with E-state index in [1.807, 2.05) is 7.11 Å². The van der Waals surface area contributed by atoms with Gasteiger partial charge >= 0.3 is 0 Å². The molecule has 0 radical (unpaired) electrons. The summed E-state index contributed by atoms with van der Waals surface area (Å²) >= 11 is 0. The predicted molar refractivity (Wildman–Crippen MR) is 117 cm³/mol. The molecule has 5 saturated carbocycles. The lowest BCUT2D eigenvalue weighted by molar-refractivity contribution is -0.161. The Morgan fingerprint density at radius 2 is 1.93 bits per heavy atom. The second-order valence-electron chi connectivity index (χ2n) is 12.2. The van der Waals surface area contributed by atoms with E-state index < -0.39 is 0 Å². The molecular formula is C27H44O. The SMILES string of the molecule is C=CCCC[C@@H](C)[C@H]1CC[C@H]2[C@@H]3CC(OC)[C@]45C[C@H]4CC[C@]5(C)[C@H]3CC[C@]12C. The third kappa shape index (κ3) is 2.35. The molecular weight excluding hydrogens is 340 g/mol. The summed E-state index contributed by atoms with van der Waals surface area (Å²) in [4.78, 5) is 0. The fourth-order valence-electron chi connectivity index (χ4n) is 10.3. The summed E-state index contributed by atoms with van der Waals surface area (Å²) in [6.07, 6.45) is 18.4. The van der Waals surface area contributed by atoms with E-state index >= 15 is 0 Å². The summed E-state index contributed by atoms with van der Waals surface area (Å²) in [5.74, 6) is 5.71. The maximum Gasteiger partial charge on any atom is 0.0638 e. The Bertz CT molecular complexity index is 626. The monoisotopic (exact) mass is 384 g/mol. The summed E-state index contributed by atoms with van der Waals surface area (Å²) in [5, 5.41) is 0. The summed E-state index contributed by atoms with van der Waals surface area (Å²) in [7, 11) is 2.02. The van der Waals surface area contributed by atoms with E-state index in [4.69, 9.17) is 4.74 Å². The Balaban J connectivity index is 1.39. The van der Waals surface area contributed by atoms with E-state index in [9.17, 15) is 0 Å². The molecule has 5 fully saturated rings. The van der Waals surface area contributed by atoms with Gasteiger partial charge in [-0.15, -0.1) is 6.58 Å². The topological polar surface area (TPSA) is 9.23 Å². The number of ether oxygens (including phenoxy) is 1. The molecule has 5 rings (SSSR count). The Labute approximate surface area is 174 Å². The highest BCUT2D eigenvalue weighted by Gasteiger charge is 2.77. The van der Waals surface area contributed by atoms with Crippen LogP contribution in [-0.4, -0.2) is 13.2 Å². The molecule has 28 heavy (non-hydrogen) atoms. The highest BCUT2D eigenvalue weighted by molar-refractivity contribution is 5.26. The van der Waals surface area contributed by atoms with Crippen molar-refractivity contribution >= 4 is 0 Å². The minimum absolute atomic E-state index is 0.553. The average molecular weight is 385 g/mol. The first-order valence-electron chi connectivity index (χ1n) is 12.6. The minimum Gasteiger partial charge on any atom is -0.381 e. The molecule has 0 heterocycles. The zero-order chi connectivity index (χ0) is 19.7. The van der Waals surface area contributed by atoms with E-state index in [0.29, 0.717) is 22.3 Å². The molecule has 1 nitrogen and oxygen atoms in total. The van der Waals surface area contributed by atoms with Crippen LogP contribution in [-0.2, 0) is 4.74 Å². The van der Waals surface area contributed by atoms with Crippen molar-refractivity contribution in [2.24, 2.45) is 51.8 Å². The van der Waals surface area contributed by atoms with Crippen molar-refractivity contribution in [3.63, 3.8) is 0 Å². The van der Waals surface area contributed by atoms with Crippen molar-refractivity contribution in [3.8, 4) is 0 Å². The Morgan fingerprint density at radius 3 is 2.64 bits per heavy atom. The molecule has 1 spiro atoms. The second kappa shape index (κ2) is 6.60. The number of methoxy groups -OCH3 is 1. The van der Waals surface area contributed by atoms with Gasteiger partial charge in [0.2, 0.25) is 0 Å². The molecule has 0 amide bonds. The van der Waals surface area contributed by atoms with E-state index in [0.717, 1.165) is 35.5 Å². The zero-order valence-electron chi connectivity index (χ0n) is 19.0. The standard InChI is InChI=1S/C27H44O/c1-6-7-8-9-18(2)21-10-11-22-20-16-24(28-5)27-17-19(27)12-15-26(27,4)23(20)13-14-25(21,22)3/h6,18-24H,1,7-17H2,2-5H3/t18-,19-,20+,21-,22+,23+,24?,25-,26-,27+/m1/s1. The molecule has 0 aromatic carbocycles. The van der Waals surface area contributed by atoms with Crippen LogP contribution in [0.5, 0.6) is 0 Å². The van der Waals surface area contributed by atoms with Gasteiger partial charge in [-0.3, -0.25) is 0 Å². The molecule has 0 bridgehead atoms. The number of hydrogen-bond donors (Lipinski definition) is 0. The Morgan fingerprint density at radius 1 is 1.11 bits per heavy atom. The summed E-state index contributed by atoms with van der Waals surface area (Å²) < 4.78 is 6.28. The second-order valence-corrected chi connectivity index (χ2v) is 12.2. The zero-order valence-corrected chi connectivity index (χ0v) is 19.0. The van der Waals surface area contributed by atoms with Crippen LogP contribution in [0.3, 0.4) is 0 Å². The van der Waals surface area contributed by atoms with Gasteiger partial charge in [0.25, 0.3) is 0 Å². The Hall–Kier alpha value is -0.300. The van der Waals surface area contributed by atoms with E-state index in [2.05, 4.69) is 33.4 Å². The van der Waals surface area contributed by atoms with Gasteiger partial charge in [-0.1, -0.05) is 33.3 Å². The van der Waals surface area contributed by atoms with Crippen molar-refractivity contribution in [2.45, 2.75) is 97.5 Å². The number of allylic oxidation sites excluding steroid dienone is 1. The number of unbranched alkanes of at least 4 members (excludes halogenated alkanes) is 1. The van der Waals surface area contributed by atoms with Gasteiger partial charge in [-0.25, -0.2) is 0 Å². The van der Waals surface area contributed by atoms with Gasteiger partial charge in [0, 0.05) is 12.5 Å². The molecule has 0 aliphatic heterocycles. The van der Waals surface area contributed by atoms with Crippen LogP contribution < -0.4 is 0 Å². The minimum atomic E-state index is 0.553. The fraction of sp³-hybridized carbons (Fsp3) is 0.926. The molecule has 0 N–H and O–H groups in total. The molecule has 5 aliphatic carbocycles. The third-order valence-corrected chi connectivity index (χ3v) is 11.7. The number of fused-ring (bicyclic) bond motifs is 4. The van der Waals surface area contributed by atoms with Gasteiger partial charge in [0.05, 0.1) is 6.10 Å². The lowest BCUT2D eigenvalue weighted by Gasteiger charge is -2.61. The van der Waals surface area contributed by atoms with Crippen LogP contribution >= 0.6 is 0 Å². The number of hydrogen-bond acceptors (Lipinski definition) is 1.